The van der Waals surface area contributed by atoms with E-state index in [1.165, 1.54) is 5.56 Å². The molecule has 0 atom stereocenters. The summed E-state index contributed by atoms with van der Waals surface area (Å²) in [6.45, 7) is 5.29. The van der Waals surface area contributed by atoms with Crippen molar-refractivity contribution < 1.29 is 4.79 Å². The number of fused-ring (bicyclic) bond motifs is 1. The minimum Gasteiger partial charge on any atom is -0.338 e. The van der Waals surface area contributed by atoms with Crippen molar-refractivity contribution in [2.75, 3.05) is 6.54 Å². The Bertz CT molecular complexity index is 673. The summed E-state index contributed by atoms with van der Waals surface area (Å²) in [5.74, 6) is 0.147. The number of hydrogen-bond acceptors (Lipinski definition) is 2. The molecule has 0 bridgehead atoms. The number of carbonyl (C=O) groups excluding carboxylic acids is 1. The summed E-state index contributed by atoms with van der Waals surface area (Å²) in [4.78, 5) is 14.4. The van der Waals surface area contributed by atoms with Crippen LogP contribution in [-0.2, 0) is 24.2 Å². The maximum Gasteiger partial charge on any atom is 0.227 e. The Labute approximate surface area is 129 Å². The number of amides is 1. The highest BCUT2D eigenvalue weighted by Gasteiger charge is 2.22. The van der Waals surface area contributed by atoms with Gasteiger partial charge in [-0.3, -0.25) is 9.89 Å². The molecule has 1 aliphatic heterocycles. The summed E-state index contributed by atoms with van der Waals surface area (Å²) in [5.41, 5.74) is 5.33. The molecule has 0 unspecified atom stereocenters. The van der Waals surface area contributed by atoms with Crippen LogP contribution in [0, 0.1) is 13.8 Å². The van der Waals surface area contributed by atoms with Crippen molar-refractivity contribution in [2.24, 2.45) is 0 Å². The SMILES string of the molecule is Cc1n[nH]c(C)c1CC(=O)N1CCc2ccc(Cl)cc2C1. The van der Waals surface area contributed by atoms with Gasteiger partial charge in [0, 0.05) is 29.4 Å². The van der Waals surface area contributed by atoms with Gasteiger partial charge in [0.25, 0.3) is 0 Å². The lowest BCUT2D eigenvalue weighted by Crippen LogP contribution is -2.37. The number of H-pyrrole nitrogens is 1. The molecule has 0 spiro atoms. The second-order valence-electron chi connectivity index (χ2n) is 5.57. The van der Waals surface area contributed by atoms with Crippen molar-refractivity contribution in [1.82, 2.24) is 15.1 Å². The van der Waals surface area contributed by atoms with Crippen LogP contribution in [0.25, 0.3) is 0 Å². The van der Waals surface area contributed by atoms with Crippen LogP contribution >= 0.6 is 11.6 Å². The van der Waals surface area contributed by atoms with Gasteiger partial charge in [-0.05, 0) is 43.5 Å². The minimum atomic E-state index is 0.147. The summed E-state index contributed by atoms with van der Waals surface area (Å²) < 4.78 is 0. The molecule has 0 saturated carbocycles. The summed E-state index contributed by atoms with van der Waals surface area (Å²) >= 11 is 6.04. The molecule has 1 aliphatic rings. The number of carbonyl (C=O) groups is 1. The van der Waals surface area contributed by atoms with Gasteiger partial charge in [-0.15, -0.1) is 0 Å². The zero-order valence-corrected chi connectivity index (χ0v) is 13.0. The molecule has 1 amide bonds. The van der Waals surface area contributed by atoms with Crippen LogP contribution in [0.15, 0.2) is 18.2 Å². The number of halogens is 1. The van der Waals surface area contributed by atoms with E-state index in [-0.39, 0.29) is 5.91 Å². The molecule has 3 rings (SSSR count). The summed E-state index contributed by atoms with van der Waals surface area (Å²) in [6.07, 6.45) is 1.30. The number of aromatic amines is 1. The molecule has 2 heterocycles. The first-order chi connectivity index (χ1) is 10.0. The van der Waals surface area contributed by atoms with Crippen molar-refractivity contribution in [2.45, 2.75) is 33.2 Å². The highest BCUT2D eigenvalue weighted by molar-refractivity contribution is 6.30. The largest absolute Gasteiger partial charge is 0.338 e. The first-order valence-corrected chi connectivity index (χ1v) is 7.48. The van der Waals surface area contributed by atoms with Crippen molar-refractivity contribution in [3.05, 3.63) is 51.3 Å². The van der Waals surface area contributed by atoms with Gasteiger partial charge in [-0.25, -0.2) is 0 Å². The standard InChI is InChI=1S/C16H18ClN3O/c1-10-15(11(2)19-18-10)8-16(21)20-6-5-12-3-4-14(17)7-13(12)9-20/h3-4,7H,5-6,8-9H2,1-2H3,(H,18,19). The molecule has 0 aliphatic carbocycles. The number of hydrogen-bond donors (Lipinski definition) is 1. The molecule has 2 aromatic rings. The van der Waals surface area contributed by atoms with Gasteiger partial charge < -0.3 is 4.90 Å². The smallest absolute Gasteiger partial charge is 0.227 e. The third-order valence-corrected chi connectivity index (χ3v) is 4.38. The maximum atomic E-state index is 12.5. The fourth-order valence-corrected chi connectivity index (χ4v) is 3.03. The van der Waals surface area contributed by atoms with Crippen molar-refractivity contribution in [1.29, 1.82) is 0 Å². The molecule has 5 heteroatoms. The van der Waals surface area contributed by atoms with Crippen LogP contribution in [-0.4, -0.2) is 27.5 Å². The Morgan fingerprint density at radius 3 is 2.90 bits per heavy atom. The van der Waals surface area contributed by atoms with E-state index in [2.05, 4.69) is 16.3 Å². The average Bonchev–Trinajstić information content (AvgIpc) is 2.78. The zero-order chi connectivity index (χ0) is 15.0. The van der Waals surface area contributed by atoms with E-state index in [0.29, 0.717) is 13.0 Å². The molecular formula is C16H18ClN3O. The predicted molar refractivity (Wildman–Crippen MR) is 82.3 cm³/mol. The zero-order valence-electron chi connectivity index (χ0n) is 12.2. The molecule has 1 aromatic carbocycles. The van der Waals surface area contributed by atoms with E-state index >= 15 is 0 Å². The molecule has 0 saturated heterocycles. The van der Waals surface area contributed by atoms with Gasteiger partial charge in [0.1, 0.15) is 0 Å². The van der Waals surface area contributed by atoms with E-state index in [9.17, 15) is 4.79 Å². The second-order valence-corrected chi connectivity index (χ2v) is 6.00. The molecule has 4 nitrogen and oxygen atoms in total. The van der Waals surface area contributed by atoms with Gasteiger partial charge in [-0.2, -0.15) is 5.10 Å². The van der Waals surface area contributed by atoms with Crippen LogP contribution in [0.2, 0.25) is 5.02 Å². The Hall–Kier alpha value is -1.81. The normalized spacial score (nSPS) is 14.1. The topological polar surface area (TPSA) is 49.0 Å². The van der Waals surface area contributed by atoms with E-state index in [1.54, 1.807) is 0 Å². The van der Waals surface area contributed by atoms with E-state index < -0.39 is 0 Å². The second kappa shape index (κ2) is 5.53. The number of nitrogens with zero attached hydrogens (tertiary/aromatic N) is 2. The quantitative estimate of drug-likeness (QED) is 0.927. The van der Waals surface area contributed by atoms with Crippen molar-refractivity contribution in [3.8, 4) is 0 Å². The molecule has 0 radical (unpaired) electrons. The first kappa shape index (κ1) is 14.1. The number of aryl methyl sites for hydroxylation is 2. The monoisotopic (exact) mass is 303 g/mol. The summed E-state index contributed by atoms with van der Waals surface area (Å²) in [6, 6.07) is 5.94. The molecule has 110 valence electrons. The van der Waals surface area contributed by atoms with Crippen molar-refractivity contribution in [3.63, 3.8) is 0 Å². The van der Waals surface area contributed by atoms with Crippen LogP contribution in [0.3, 0.4) is 0 Å². The Balaban J connectivity index is 1.75. The highest BCUT2D eigenvalue weighted by atomic mass is 35.5. The lowest BCUT2D eigenvalue weighted by molar-refractivity contribution is -0.131. The van der Waals surface area contributed by atoms with E-state index in [4.69, 9.17) is 11.6 Å². The first-order valence-electron chi connectivity index (χ1n) is 7.10. The summed E-state index contributed by atoms with van der Waals surface area (Å²) in [7, 11) is 0. The minimum absolute atomic E-state index is 0.147. The number of aromatic nitrogens is 2. The van der Waals surface area contributed by atoms with Gasteiger partial charge >= 0.3 is 0 Å². The number of benzene rings is 1. The van der Waals surface area contributed by atoms with Crippen molar-refractivity contribution >= 4 is 17.5 Å². The molecule has 0 fully saturated rings. The van der Waals surface area contributed by atoms with Crippen LogP contribution in [0.4, 0.5) is 0 Å². The fraction of sp³-hybridized carbons (Fsp3) is 0.375. The number of rotatable bonds is 2. The van der Waals surface area contributed by atoms with Crippen LogP contribution < -0.4 is 0 Å². The Morgan fingerprint density at radius 1 is 1.38 bits per heavy atom. The van der Waals surface area contributed by atoms with E-state index in [1.807, 2.05) is 30.9 Å². The number of nitrogens with one attached hydrogen (secondary N) is 1. The Morgan fingerprint density at radius 2 is 2.19 bits per heavy atom. The lowest BCUT2D eigenvalue weighted by Gasteiger charge is -2.29. The van der Waals surface area contributed by atoms with Gasteiger partial charge in [0.15, 0.2) is 0 Å². The third kappa shape index (κ3) is 2.81. The molecule has 1 N–H and O–H groups in total. The average molecular weight is 304 g/mol. The fourth-order valence-electron chi connectivity index (χ4n) is 2.84. The van der Waals surface area contributed by atoms with Gasteiger partial charge in [0.2, 0.25) is 5.91 Å². The molecule has 21 heavy (non-hydrogen) atoms. The van der Waals surface area contributed by atoms with Gasteiger partial charge in [-0.1, -0.05) is 17.7 Å². The molecule has 1 aromatic heterocycles. The lowest BCUT2D eigenvalue weighted by atomic mass is 9.99. The maximum absolute atomic E-state index is 12.5. The van der Waals surface area contributed by atoms with Crippen LogP contribution in [0.5, 0.6) is 0 Å². The van der Waals surface area contributed by atoms with Gasteiger partial charge in [0.05, 0.1) is 12.1 Å². The van der Waals surface area contributed by atoms with Crippen LogP contribution in [0.1, 0.15) is 28.1 Å². The molecular weight excluding hydrogens is 286 g/mol. The van der Waals surface area contributed by atoms with E-state index in [0.717, 1.165) is 40.5 Å². The third-order valence-electron chi connectivity index (χ3n) is 4.14. The summed E-state index contributed by atoms with van der Waals surface area (Å²) in [5, 5.41) is 7.81. The predicted octanol–water partition coefficient (Wildman–Crippen LogP) is 2.81. The Kier molecular flexibility index (Phi) is 3.72. The highest BCUT2D eigenvalue weighted by Crippen LogP contribution is 2.23.